The summed E-state index contributed by atoms with van der Waals surface area (Å²) in [6.45, 7) is 4.94. The van der Waals surface area contributed by atoms with E-state index in [1.807, 2.05) is 37.3 Å². The molecule has 0 atom stereocenters. The number of carbonyl (C=O) groups is 1. The number of hydrogen-bond donors (Lipinski definition) is 0. The molecule has 1 aliphatic rings. The third-order valence-electron chi connectivity index (χ3n) is 5.65. The number of rotatable bonds is 5. The van der Waals surface area contributed by atoms with E-state index in [9.17, 15) is 4.79 Å². The first-order valence-corrected chi connectivity index (χ1v) is 10.6. The smallest absolute Gasteiger partial charge is 0.290 e. The van der Waals surface area contributed by atoms with Gasteiger partial charge in [0, 0.05) is 24.0 Å². The minimum Gasteiger partial charge on any atom is -0.459 e. The van der Waals surface area contributed by atoms with Crippen LogP contribution >= 0.6 is 11.6 Å². The molecule has 0 bridgehead atoms. The van der Waals surface area contributed by atoms with E-state index in [4.69, 9.17) is 25.5 Å². The summed E-state index contributed by atoms with van der Waals surface area (Å²) in [4.78, 5) is 19.5. The molecule has 6 nitrogen and oxygen atoms in total. The fourth-order valence-corrected chi connectivity index (χ4v) is 4.00. The van der Waals surface area contributed by atoms with E-state index >= 15 is 0 Å². The highest BCUT2D eigenvalue weighted by Gasteiger charge is 2.22. The fourth-order valence-electron chi connectivity index (χ4n) is 3.79. The van der Waals surface area contributed by atoms with Gasteiger partial charge in [0.25, 0.3) is 5.91 Å². The Morgan fingerprint density at radius 1 is 1.03 bits per heavy atom. The predicted octanol–water partition coefficient (Wildman–Crippen LogP) is 5.67. The van der Waals surface area contributed by atoms with Gasteiger partial charge in [0.05, 0.1) is 11.8 Å². The van der Waals surface area contributed by atoms with Gasteiger partial charge in [-0.05, 0) is 73.0 Å². The molecule has 3 heterocycles. The molecule has 1 amide bonds. The second-order valence-electron chi connectivity index (χ2n) is 7.89. The van der Waals surface area contributed by atoms with Gasteiger partial charge in [0.1, 0.15) is 5.15 Å². The molecule has 0 N–H and O–H groups in total. The average Bonchev–Trinajstić information content (AvgIpc) is 3.46. The number of nitrogens with zero attached hydrogens (tertiary/aromatic N) is 2. The molecule has 0 aliphatic carbocycles. The Balaban J connectivity index is 1.50. The first kappa shape index (κ1) is 20.4. The van der Waals surface area contributed by atoms with Crippen LogP contribution < -0.4 is 9.47 Å². The number of pyridine rings is 1. The summed E-state index contributed by atoms with van der Waals surface area (Å²) in [5.74, 6) is 1.40. The number of ether oxygens (including phenoxy) is 2. The lowest BCUT2D eigenvalue weighted by molar-refractivity contribution is 0.0697. The zero-order valence-electron chi connectivity index (χ0n) is 17.7. The molecule has 0 fully saturated rings. The van der Waals surface area contributed by atoms with Crippen molar-refractivity contribution in [1.29, 1.82) is 0 Å². The summed E-state index contributed by atoms with van der Waals surface area (Å²) >= 11 is 6.54. The Labute approximate surface area is 190 Å². The SMILES string of the molecule is Cc1cc2cc(CN(Cc3ccc4c(c3)OCO4)C(=O)c3ccco3)c(Cl)nc2cc1C. The summed E-state index contributed by atoms with van der Waals surface area (Å²) in [5.41, 5.74) is 4.85. The van der Waals surface area contributed by atoms with E-state index in [-0.39, 0.29) is 25.0 Å². The molecule has 0 radical (unpaired) electrons. The Morgan fingerprint density at radius 3 is 2.66 bits per heavy atom. The average molecular weight is 449 g/mol. The summed E-state index contributed by atoms with van der Waals surface area (Å²) in [6, 6.07) is 15.1. The number of furan rings is 1. The van der Waals surface area contributed by atoms with E-state index in [1.165, 1.54) is 11.8 Å². The molecule has 0 spiro atoms. The molecule has 4 aromatic rings. The zero-order chi connectivity index (χ0) is 22.2. The molecule has 0 unspecified atom stereocenters. The third kappa shape index (κ3) is 3.89. The lowest BCUT2D eigenvalue weighted by atomic mass is 10.0. The first-order valence-electron chi connectivity index (χ1n) is 10.3. The number of fused-ring (bicyclic) bond motifs is 2. The maximum absolute atomic E-state index is 13.2. The minimum atomic E-state index is -0.232. The van der Waals surface area contributed by atoms with Crippen molar-refractivity contribution in [3.05, 3.63) is 88.0 Å². The Morgan fingerprint density at radius 2 is 1.84 bits per heavy atom. The van der Waals surface area contributed by atoms with Crippen molar-refractivity contribution in [2.45, 2.75) is 26.9 Å². The Hall–Kier alpha value is -3.51. The van der Waals surface area contributed by atoms with Gasteiger partial charge in [-0.2, -0.15) is 0 Å². The number of carbonyl (C=O) groups excluding carboxylic acids is 1. The van der Waals surface area contributed by atoms with Gasteiger partial charge in [-0.25, -0.2) is 4.98 Å². The quantitative estimate of drug-likeness (QED) is 0.368. The van der Waals surface area contributed by atoms with Crippen LogP contribution in [-0.2, 0) is 13.1 Å². The van der Waals surface area contributed by atoms with Crippen molar-refractivity contribution in [2.24, 2.45) is 0 Å². The molecule has 0 saturated carbocycles. The number of benzene rings is 2. The highest BCUT2D eigenvalue weighted by molar-refractivity contribution is 6.30. The second kappa shape index (κ2) is 8.20. The highest BCUT2D eigenvalue weighted by Crippen LogP contribution is 2.33. The summed E-state index contributed by atoms with van der Waals surface area (Å²) in [7, 11) is 0. The molecule has 1 aliphatic heterocycles. The lowest BCUT2D eigenvalue weighted by Crippen LogP contribution is -2.30. The molecule has 162 valence electrons. The summed E-state index contributed by atoms with van der Waals surface area (Å²) in [6.07, 6.45) is 1.49. The van der Waals surface area contributed by atoms with Gasteiger partial charge in [-0.15, -0.1) is 0 Å². The number of aryl methyl sites for hydroxylation is 2. The summed E-state index contributed by atoms with van der Waals surface area (Å²) < 4.78 is 16.2. The van der Waals surface area contributed by atoms with E-state index in [0.717, 1.165) is 27.6 Å². The number of halogens is 1. The monoisotopic (exact) mass is 448 g/mol. The zero-order valence-corrected chi connectivity index (χ0v) is 18.5. The van der Waals surface area contributed by atoms with E-state index in [2.05, 4.69) is 18.0 Å². The van der Waals surface area contributed by atoms with Crippen LogP contribution in [0.2, 0.25) is 5.15 Å². The molecular weight excluding hydrogens is 428 g/mol. The summed E-state index contributed by atoms with van der Waals surface area (Å²) in [5, 5.41) is 1.37. The van der Waals surface area contributed by atoms with E-state index < -0.39 is 0 Å². The van der Waals surface area contributed by atoms with Crippen LogP contribution in [0.5, 0.6) is 11.5 Å². The highest BCUT2D eigenvalue weighted by atomic mass is 35.5. The standard InChI is InChI=1S/C25H21ClN2O4/c1-15-8-18-11-19(24(26)27-20(18)9-16(15)2)13-28(25(29)22-4-3-7-30-22)12-17-5-6-21-23(10-17)32-14-31-21/h3-11H,12-14H2,1-2H3. The van der Waals surface area contributed by atoms with Gasteiger partial charge in [0.2, 0.25) is 6.79 Å². The Kier molecular flexibility index (Phi) is 5.23. The van der Waals surface area contributed by atoms with Crippen LogP contribution in [-0.4, -0.2) is 22.6 Å². The van der Waals surface area contributed by atoms with Crippen LogP contribution in [0.3, 0.4) is 0 Å². The maximum atomic E-state index is 13.2. The number of hydrogen-bond acceptors (Lipinski definition) is 5. The van der Waals surface area contributed by atoms with Crippen LogP contribution in [0.1, 0.15) is 32.8 Å². The minimum absolute atomic E-state index is 0.199. The van der Waals surface area contributed by atoms with Crippen LogP contribution in [0.15, 0.2) is 59.2 Å². The molecule has 0 saturated heterocycles. The molecule has 32 heavy (non-hydrogen) atoms. The third-order valence-corrected chi connectivity index (χ3v) is 5.97. The first-order chi connectivity index (χ1) is 15.5. The lowest BCUT2D eigenvalue weighted by Gasteiger charge is -2.23. The van der Waals surface area contributed by atoms with Gasteiger partial charge in [0.15, 0.2) is 17.3 Å². The number of amides is 1. The van der Waals surface area contributed by atoms with Crippen molar-refractivity contribution in [1.82, 2.24) is 9.88 Å². The van der Waals surface area contributed by atoms with Crippen molar-refractivity contribution < 1.29 is 18.7 Å². The molecule has 5 rings (SSSR count). The Bertz CT molecular complexity index is 1320. The van der Waals surface area contributed by atoms with Gasteiger partial charge in [-0.1, -0.05) is 17.7 Å². The van der Waals surface area contributed by atoms with E-state index in [0.29, 0.717) is 23.2 Å². The number of aromatic nitrogens is 1. The van der Waals surface area contributed by atoms with Gasteiger partial charge >= 0.3 is 0 Å². The van der Waals surface area contributed by atoms with Crippen molar-refractivity contribution in [3.8, 4) is 11.5 Å². The van der Waals surface area contributed by atoms with Crippen LogP contribution in [0.4, 0.5) is 0 Å². The molecular formula is C25H21ClN2O4. The molecule has 2 aromatic heterocycles. The van der Waals surface area contributed by atoms with Crippen molar-refractivity contribution in [3.63, 3.8) is 0 Å². The topological polar surface area (TPSA) is 64.8 Å². The largest absolute Gasteiger partial charge is 0.459 e. The van der Waals surface area contributed by atoms with Crippen molar-refractivity contribution in [2.75, 3.05) is 6.79 Å². The van der Waals surface area contributed by atoms with Crippen LogP contribution in [0, 0.1) is 13.8 Å². The fraction of sp³-hybridized carbons (Fsp3) is 0.200. The molecule has 7 heteroatoms. The van der Waals surface area contributed by atoms with Crippen molar-refractivity contribution >= 4 is 28.4 Å². The predicted molar refractivity (Wildman–Crippen MR) is 121 cm³/mol. The van der Waals surface area contributed by atoms with E-state index in [1.54, 1.807) is 17.0 Å². The maximum Gasteiger partial charge on any atom is 0.290 e. The van der Waals surface area contributed by atoms with Gasteiger partial charge in [-0.3, -0.25) is 4.79 Å². The normalized spacial score (nSPS) is 12.3. The van der Waals surface area contributed by atoms with Crippen LogP contribution in [0.25, 0.3) is 10.9 Å². The molecule has 2 aromatic carbocycles. The van der Waals surface area contributed by atoms with Gasteiger partial charge < -0.3 is 18.8 Å². The second-order valence-corrected chi connectivity index (χ2v) is 8.25.